The molecule has 0 bridgehead atoms. The van der Waals surface area contributed by atoms with Gasteiger partial charge < -0.3 is 20.1 Å². The van der Waals surface area contributed by atoms with E-state index in [0.717, 1.165) is 7.11 Å². The molecule has 13 heavy (non-hydrogen) atoms. The number of methoxy groups -OCH3 is 1. The largest absolute Gasteiger partial charge is 0.507 e. The van der Waals surface area contributed by atoms with Crippen LogP contribution in [0, 0.1) is 5.92 Å². The van der Waals surface area contributed by atoms with Crippen LogP contribution in [0.1, 0.15) is 0 Å². The fourth-order valence-electron chi connectivity index (χ4n) is 1.15. The maximum absolute atomic E-state index is 10.6. The first-order valence-corrected chi connectivity index (χ1v) is 3.60. The van der Waals surface area contributed by atoms with Crippen molar-refractivity contribution in [1.82, 2.24) is 0 Å². The lowest BCUT2D eigenvalue weighted by Gasteiger charge is -2.31. The second-order valence-electron chi connectivity index (χ2n) is 2.65. The number of hydrogen-bond donors (Lipinski definition) is 3. The molecule has 0 amide bonds. The third-order valence-corrected chi connectivity index (χ3v) is 1.92. The van der Waals surface area contributed by atoms with Gasteiger partial charge in [0.25, 0.3) is 0 Å². The normalized spacial score (nSPS) is 32.8. The highest BCUT2D eigenvalue weighted by molar-refractivity contribution is 5.74. The Balaban J connectivity index is 3.06. The van der Waals surface area contributed by atoms with Gasteiger partial charge in [-0.15, -0.1) is 0 Å². The maximum atomic E-state index is 10.6. The van der Waals surface area contributed by atoms with Crippen LogP contribution in [0.25, 0.3) is 0 Å². The molecule has 72 valence electrons. The van der Waals surface area contributed by atoms with Gasteiger partial charge in [-0.25, -0.2) is 0 Å². The van der Waals surface area contributed by atoms with Crippen LogP contribution in [0.5, 0.6) is 0 Å². The summed E-state index contributed by atoms with van der Waals surface area (Å²) in [5.74, 6) is -5.21. The number of aliphatic hydroxyl groups is 2. The average molecular weight is 186 g/mol. The average Bonchev–Trinajstić information content (AvgIpc) is 2.09. The third kappa shape index (κ3) is 1.43. The molecule has 5 nitrogen and oxygen atoms in total. The molecule has 1 aliphatic carbocycles. The molecule has 0 aromatic heterocycles. The van der Waals surface area contributed by atoms with Crippen molar-refractivity contribution in [2.24, 2.45) is 5.92 Å². The zero-order valence-electron chi connectivity index (χ0n) is 6.97. The Morgan fingerprint density at radius 3 is 2.69 bits per heavy atom. The Morgan fingerprint density at radius 2 is 2.31 bits per heavy atom. The molecule has 2 atom stereocenters. The van der Waals surface area contributed by atoms with E-state index in [0.29, 0.717) is 0 Å². The molecule has 0 saturated carbocycles. The monoisotopic (exact) mass is 186 g/mol. The Hall–Kier alpha value is -1.33. The fourth-order valence-corrected chi connectivity index (χ4v) is 1.15. The standard InChI is InChI=1S/C8H10O5/c1-13-8(12)5(7(10)11)3-2-4-6(8)9/h2-5,9,12H,1H3,(H,10,11). The van der Waals surface area contributed by atoms with Crippen molar-refractivity contribution in [3.05, 3.63) is 24.0 Å². The first kappa shape index (κ1) is 9.76. The SMILES string of the molecule is COC1(O)C(O)=CC=CC1C(=O)O. The van der Waals surface area contributed by atoms with Crippen LogP contribution < -0.4 is 0 Å². The number of allylic oxidation sites excluding steroid dienone is 2. The predicted molar refractivity (Wildman–Crippen MR) is 42.9 cm³/mol. The number of carboxylic acids is 1. The number of carbonyl (C=O) groups is 1. The van der Waals surface area contributed by atoms with Crippen LogP contribution in [-0.4, -0.2) is 34.2 Å². The second-order valence-corrected chi connectivity index (χ2v) is 2.65. The number of ether oxygens (including phenoxy) is 1. The molecule has 0 aromatic carbocycles. The number of hydrogen-bond acceptors (Lipinski definition) is 4. The van der Waals surface area contributed by atoms with Gasteiger partial charge in [0, 0.05) is 7.11 Å². The van der Waals surface area contributed by atoms with Crippen LogP contribution in [0.2, 0.25) is 0 Å². The summed E-state index contributed by atoms with van der Waals surface area (Å²) in [5.41, 5.74) is 0. The van der Waals surface area contributed by atoms with Gasteiger partial charge in [-0.1, -0.05) is 12.2 Å². The summed E-state index contributed by atoms with van der Waals surface area (Å²) in [6.45, 7) is 0. The predicted octanol–water partition coefficient (Wildman–Crippen LogP) is 0.0339. The highest BCUT2D eigenvalue weighted by Crippen LogP contribution is 2.30. The maximum Gasteiger partial charge on any atom is 0.316 e. The summed E-state index contributed by atoms with van der Waals surface area (Å²) >= 11 is 0. The van der Waals surface area contributed by atoms with Crippen molar-refractivity contribution < 1.29 is 24.9 Å². The molecule has 0 heterocycles. The molecular formula is C8H10O5. The van der Waals surface area contributed by atoms with Crippen LogP contribution in [0.3, 0.4) is 0 Å². The molecule has 0 aromatic rings. The Morgan fingerprint density at radius 1 is 1.69 bits per heavy atom. The summed E-state index contributed by atoms with van der Waals surface area (Å²) in [6.07, 6.45) is 3.77. The zero-order valence-corrected chi connectivity index (χ0v) is 6.97. The molecule has 2 unspecified atom stereocenters. The van der Waals surface area contributed by atoms with Crippen molar-refractivity contribution in [3.63, 3.8) is 0 Å². The topological polar surface area (TPSA) is 87.0 Å². The lowest BCUT2D eigenvalue weighted by Crippen LogP contribution is -2.46. The third-order valence-electron chi connectivity index (χ3n) is 1.92. The van der Waals surface area contributed by atoms with E-state index in [9.17, 15) is 15.0 Å². The van der Waals surface area contributed by atoms with Gasteiger partial charge in [-0.3, -0.25) is 4.79 Å². The van der Waals surface area contributed by atoms with Gasteiger partial charge in [0.2, 0.25) is 5.79 Å². The highest BCUT2D eigenvalue weighted by Gasteiger charge is 2.45. The van der Waals surface area contributed by atoms with Crippen molar-refractivity contribution in [2.75, 3.05) is 7.11 Å². The molecular weight excluding hydrogens is 176 g/mol. The van der Waals surface area contributed by atoms with Crippen molar-refractivity contribution in [2.45, 2.75) is 5.79 Å². The van der Waals surface area contributed by atoms with Crippen LogP contribution in [0.4, 0.5) is 0 Å². The number of aliphatic carboxylic acids is 1. The van der Waals surface area contributed by atoms with Crippen LogP contribution >= 0.6 is 0 Å². The van der Waals surface area contributed by atoms with Crippen molar-refractivity contribution in [1.29, 1.82) is 0 Å². The molecule has 1 rings (SSSR count). The van der Waals surface area contributed by atoms with Gasteiger partial charge in [-0.05, 0) is 6.08 Å². The summed E-state index contributed by atoms with van der Waals surface area (Å²) in [6, 6.07) is 0. The molecule has 0 aliphatic heterocycles. The van der Waals surface area contributed by atoms with Gasteiger partial charge in [0.15, 0.2) is 5.76 Å². The van der Waals surface area contributed by atoms with Crippen molar-refractivity contribution >= 4 is 5.97 Å². The van der Waals surface area contributed by atoms with E-state index in [2.05, 4.69) is 4.74 Å². The molecule has 0 spiro atoms. The summed E-state index contributed by atoms with van der Waals surface area (Å²) in [4.78, 5) is 10.6. The minimum absolute atomic E-state index is 0.509. The fraction of sp³-hybridized carbons (Fsp3) is 0.375. The van der Waals surface area contributed by atoms with E-state index in [1.54, 1.807) is 0 Å². The van der Waals surface area contributed by atoms with Gasteiger partial charge >= 0.3 is 5.97 Å². The van der Waals surface area contributed by atoms with Gasteiger partial charge in [0.05, 0.1) is 0 Å². The molecule has 0 radical (unpaired) electrons. The second kappa shape index (κ2) is 3.20. The molecule has 0 fully saturated rings. The molecule has 3 N–H and O–H groups in total. The smallest absolute Gasteiger partial charge is 0.316 e. The minimum Gasteiger partial charge on any atom is -0.507 e. The van der Waals surface area contributed by atoms with Gasteiger partial charge in [-0.2, -0.15) is 0 Å². The Labute approximate surface area is 74.6 Å². The first-order chi connectivity index (χ1) is 6.02. The van der Waals surface area contributed by atoms with Crippen LogP contribution in [0.15, 0.2) is 24.0 Å². The van der Waals surface area contributed by atoms with E-state index in [1.807, 2.05) is 0 Å². The molecule has 0 saturated heterocycles. The van der Waals surface area contributed by atoms with E-state index in [-0.39, 0.29) is 0 Å². The van der Waals surface area contributed by atoms with Crippen LogP contribution in [-0.2, 0) is 9.53 Å². The summed E-state index contributed by atoms with van der Waals surface area (Å²) in [5, 5.41) is 27.5. The number of rotatable bonds is 2. The van der Waals surface area contributed by atoms with E-state index in [4.69, 9.17) is 5.11 Å². The van der Waals surface area contributed by atoms with Gasteiger partial charge in [0.1, 0.15) is 5.92 Å². The van der Waals surface area contributed by atoms with E-state index < -0.39 is 23.4 Å². The van der Waals surface area contributed by atoms with E-state index in [1.165, 1.54) is 18.2 Å². The lowest BCUT2D eigenvalue weighted by atomic mass is 9.92. The minimum atomic E-state index is -2.15. The quantitative estimate of drug-likeness (QED) is 0.530. The Bertz CT molecular complexity index is 280. The zero-order chi connectivity index (χ0) is 10.1. The highest BCUT2D eigenvalue weighted by atomic mass is 16.6. The lowest BCUT2D eigenvalue weighted by molar-refractivity contribution is -0.210. The molecule has 1 aliphatic rings. The number of aliphatic hydroxyl groups excluding tert-OH is 1. The number of carboxylic acid groups (broad SMARTS) is 1. The Kier molecular flexibility index (Phi) is 2.40. The summed E-state index contributed by atoms with van der Waals surface area (Å²) < 4.78 is 4.57. The summed E-state index contributed by atoms with van der Waals surface area (Å²) in [7, 11) is 1.12. The molecule has 5 heteroatoms. The first-order valence-electron chi connectivity index (χ1n) is 3.60. The van der Waals surface area contributed by atoms with Crippen molar-refractivity contribution in [3.8, 4) is 0 Å². The van der Waals surface area contributed by atoms with E-state index >= 15 is 0 Å².